The van der Waals surface area contributed by atoms with E-state index in [9.17, 15) is 9.59 Å². The molecule has 2 aromatic carbocycles. The van der Waals surface area contributed by atoms with Crippen LogP contribution in [0.2, 0.25) is 0 Å². The lowest BCUT2D eigenvalue weighted by Crippen LogP contribution is -2.25. The molecule has 0 spiro atoms. The van der Waals surface area contributed by atoms with Gasteiger partial charge < -0.3 is 18.9 Å². The van der Waals surface area contributed by atoms with Gasteiger partial charge in [0.1, 0.15) is 0 Å². The number of ketones is 1. The van der Waals surface area contributed by atoms with Crippen molar-refractivity contribution >= 4 is 16.6 Å². The summed E-state index contributed by atoms with van der Waals surface area (Å²) < 4.78 is 12.7. The van der Waals surface area contributed by atoms with E-state index in [1.54, 1.807) is 16.7 Å². The molecule has 0 bridgehead atoms. The van der Waals surface area contributed by atoms with E-state index < -0.39 is 0 Å². The fourth-order valence-electron chi connectivity index (χ4n) is 4.13. The van der Waals surface area contributed by atoms with Crippen LogP contribution in [0, 0.1) is 0 Å². The molecule has 6 nitrogen and oxygen atoms in total. The minimum Gasteiger partial charge on any atom is -0.454 e. The third-order valence-corrected chi connectivity index (χ3v) is 5.41. The Morgan fingerprint density at radius 2 is 1.68 bits per heavy atom. The normalized spacial score (nSPS) is 14.0. The first-order valence-corrected chi connectivity index (χ1v) is 9.35. The Morgan fingerprint density at radius 1 is 1.00 bits per heavy atom. The zero-order chi connectivity index (χ0) is 19.4. The van der Waals surface area contributed by atoms with Crippen LogP contribution in [0.15, 0.2) is 41.2 Å². The summed E-state index contributed by atoms with van der Waals surface area (Å²) in [7, 11) is 4.01. The molecule has 0 saturated carbocycles. The van der Waals surface area contributed by atoms with E-state index >= 15 is 0 Å². The SMILES string of the molecule is CN(C)CCCn1c2c(c3cc4c(cc3c1=O)OCO4)C(=O)c1ccccc1-2. The number of nitrogens with zero attached hydrogens (tertiary/aromatic N) is 2. The van der Waals surface area contributed by atoms with Gasteiger partial charge in [0.2, 0.25) is 6.79 Å². The molecule has 0 fully saturated rings. The highest BCUT2D eigenvalue weighted by Gasteiger charge is 2.33. The predicted molar refractivity (Wildman–Crippen MR) is 106 cm³/mol. The molecule has 3 aromatic rings. The number of hydrogen-bond donors (Lipinski definition) is 0. The van der Waals surface area contributed by atoms with Gasteiger partial charge in [-0.15, -0.1) is 0 Å². The first kappa shape index (κ1) is 17.0. The molecule has 2 heterocycles. The molecule has 1 aliphatic carbocycles. The van der Waals surface area contributed by atoms with Gasteiger partial charge >= 0.3 is 0 Å². The highest BCUT2D eigenvalue weighted by molar-refractivity contribution is 6.26. The van der Waals surface area contributed by atoms with Crippen LogP contribution in [-0.2, 0) is 6.54 Å². The highest BCUT2D eigenvalue weighted by atomic mass is 16.7. The standard InChI is InChI=1S/C22H20N2O4/c1-23(2)8-5-9-24-20-13-6-3-4-7-14(13)21(25)19(20)15-10-17-18(28-12-27-17)11-16(15)22(24)26/h3-4,6-7,10-11H,5,8-9,12H2,1-2H3. The number of hydrogen-bond acceptors (Lipinski definition) is 5. The summed E-state index contributed by atoms with van der Waals surface area (Å²) in [4.78, 5) is 28.8. The minimum absolute atomic E-state index is 0.0455. The molecule has 6 heteroatoms. The summed E-state index contributed by atoms with van der Waals surface area (Å²) in [6, 6.07) is 11.0. The number of benzene rings is 2. The Morgan fingerprint density at radius 3 is 2.39 bits per heavy atom. The molecule has 0 radical (unpaired) electrons. The summed E-state index contributed by atoms with van der Waals surface area (Å²) in [6.45, 7) is 1.53. The Kier molecular flexibility index (Phi) is 3.77. The maximum atomic E-state index is 13.4. The van der Waals surface area contributed by atoms with Gasteiger partial charge in [0, 0.05) is 23.1 Å². The van der Waals surface area contributed by atoms with Crippen molar-refractivity contribution in [1.82, 2.24) is 9.47 Å². The van der Waals surface area contributed by atoms with E-state index in [-0.39, 0.29) is 18.1 Å². The van der Waals surface area contributed by atoms with Gasteiger partial charge in [-0.1, -0.05) is 24.3 Å². The monoisotopic (exact) mass is 376 g/mol. The van der Waals surface area contributed by atoms with Crippen LogP contribution in [0.4, 0.5) is 0 Å². The number of fused-ring (bicyclic) bond motifs is 6. The number of carbonyl (C=O) groups is 1. The molecule has 0 amide bonds. The van der Waals surface area contributed by atoms with E-state index in [1.807, 2.05) is 38.4 Å². The molecular weight excluding hydrogens is 356 g/mol. The highest BCUT2D eigenvalue weighted by Crippen LogP contribution is 2.43. The molecule has 5 rings (SSSR count). The molecule has 0 unspecified atom stereocenters. The number of rotatable bonds is 4. The summed E-state index contributed by atoms with van der Waals surface area (Å²) in [5, 5.41) is 1.13. The quantitative estimate of drug-likeness (QED) is 0.548. The summed E-state index contributed by atoms with van der Waals surface area (Å²) in [6.07, 6.45) is 0.811. The predicted octanol–water partition coefficient (Wildman–Crippen LogP) is 2.89. The van der Waals surface area contributed by atoms with Crippen LogP contribution in [0.3, 0.4) is 0 Å². The Bertz CT molecular complexity index is 1190. The zero-order valence-corrected chi connectivity index (χ0v) is 15.8. The van der Waals surface area contributed by atoms with Gasteiger partial charge in [-0.05, 0) is 39.2 Å². The molecule has 0 N–H and O–H groups in total. The first-order chi connectivity index (χ1) is 13.6. The van der Waals surface area contributed by atoms with Crippen molar-refractivity contribution in [3.8, 4) is 22.8 Å². The lowest BCUT2D eigenvalue weighted by molar-refractivity contribution is 0.104. The second kappa shape index (κ2) is 6.21. The van der Waals surface area contributed by atoms with Gasteiger partial charge in [-0.2, -0.15) is 0 Å². The van der Waals surface area contributed by atoms with Crippen LogP contribution < -0.4 is 15.0 Å². The summed E-state index contributed by atoms with van der Waals surface area (Å²) in [5.41, 5.74) is 2.66. The lowest BCUT2D eigenvalue weighted by atomic mass is 10.0. The third kappa shape index (κ3) is 2.38. The molecule has 0 saturated heterocycles. The fourth-order valence-corrected chi connectivity index (χ4v) is 4.13. The number of aromatic nitrogens is 1. The summed E-state index contributed by atoms with van der Waals surface area (Å²) in [5.74, 6) is 1.08. The maximum absolute atomic E-state index is 13.4. The van der Waals surface area contributed by atoms with Crippen LogP contribution >= 0.6 is 0 Å². The molecular formula is C22H20N2O4. The average Bonchev–Trinajstić information content (AvgIpc) is 3.25. The molecule has 142 valence electrons. The van der Waals surface area contributed by atoms with Crippen molar-refractivity contribution in [1.29, 1.82) is 0 Å². The largest absolute Gasteiger partial charge is 0.454 e. The van der Waals surface area contributed by atoms with Gasteiger partial charge in [-0.25, -0.2) is 0 Å². The molecule has 0 atom stereocenters. The van der Waals surface area contributed by atoms with Crippen LogP contribution in [-0.4, -0.2) is 42.7 Å². The molecule has 1 aliphatic heterocycles. The van der Waals surface area contributed by atoms with E-state index in [2.05, 4.69) is 4.90 Å². The van der Waals surface area contributed by atoms with Crippen molar-refractivity contribution in [2.45, 2.75) is 13.0 Å². The van der Waals surface area contributed by atoms with E-state index in [0.717, 1.165) is 24.2 Å². The summed E-state index contributed by atoms with van der Waals surface area (Å²) >= 11 is 0. The Hall–Kier alpha value is -3.12. The van der Waals surface area contributed by atoms with Gasteiger partial charge in [0.25, 0.3) is 5.56 Å². The number of carbonyl (C=O) groups excluding carboxylic acids is 1. The van der Waals surface area contributed by atoms with E-state index in [4.69, 9.17) is 9.47 Å². The van der Waals surface area contributed by atoms with E-state index in [1.165, 1.54) is 0 Å². The van der Waals surface area contributed by atoms with E-state index in [0.29, 0.717) is 39.9 Å². The van der Waals surface area contributed by atoms with Crippen molar-refractivity contribution in [2.75, 3.05) is 27.4 Å². The van der Waals surface area contributed by atoms with Gasteiger partial charge in [0.15, 0.2) is 17.3 Å². The number of pyridine rings is 1. The van der Waals surface area contributed by atoms with Crippen molar-refractivity contribution < 1.29 is 14.3 Å². The van der Waals surface area contributed by atoms with Crippen LogP contribution in [0.1, 0.15) is 22.3 Å². The molecule has 2 aliphatic rings. The first-order valence-electron chi connectivity index (χ1n) is 9.35. The topological polar surface area (TPSA) is 60.8 Å². The smallest absolute Gasteiger partial charge is 0.259 e. The molecule has 1 aromatic heterocycles. The Labute approximate surface area is 161 Å². The fraction of sp³-hybridized carbons (Fsp3) is 0.273. The molecule has 28 heavy (non-hydrogen) atoms. The van der Waals surface area contributed by atoms with Crippen molar-refractivity contribution in [3.63, 3.8) is 0 Å². The zero-order valence-electron chi connectivity index (χ0n) is 15.8. The third-order valence-electron chi connectivity index (χ3n) is 5.41. The lowest BCUT2D eigenvalue weighted by Gasteiger charge is -2.16. The van der Waals surface area contributed by atoms with Crippen molar-refractivity contribution in [3.05, 3.63) is 57.9 Å². The van der Waals surface area contributed by atoms with Crippen LogP contribution in [0.25, 0.3) is 22.0 Å². The average molecular weight is 376 g/mol. The van der Waals surface area contributed by atoms with Gasteiger partial charge in [-0.3, -0.25) is 9.59 Å². The Balaban J connectivity index is 1.81. The second-order valence-electron chi connectivity index (χ2n) is 7.46. The minimum atomic E-state index is -0.102. The van der Waals surface area contributed by atoms with Gasteiger partial charge in [0.05, 0.1) is 16.6 Å². The maximum Gasteiger partial charge on any atom is 0.259 e. The van der Waals surface area contributed by atoms with Crippen molar-refractivity contribution in [2.24, 2.45) is 0 Å². The number of ether oxygens (including phenoxy) is 2. The van der Waals surface area contributed by atoms with Crippen LogP contribution in [0.5, 0.6) is 11.5 Å². The second-order valence-corrected chi connectivity index (χ2v) is 7.46.